The molecule has 0 aromatic carbocycles. The van der Waals surface area contributed by atoms with Gasteiger partial charge < -0.3 is 4.90 Å². The van der Waals surface area contributed by atoms with Gasteiger partial charge in [0.2, 0.25) is 5.91 Å². The Kier molecular flexibility index (Phi) is 4.00. The molecule has 0 aromatic rings. The third kappa shape index (κ3) is 3.48. The Balaban J connectivity index is 2.64. The molecule has 0 saturated carbocycles. The number of nitrogens with zero attached hydrogens (tertiary/aromatic N) is 1. The molecule has 94 valence electrons. The fraction of sp³-hybridized carbons (Fsp3) is 0.923. The smallest absolute Gasteiger partial charge is 0.241 e. The van der Waals surface area contributed by atoms with Gasteiger partial charge in [0.05, 0.1) is 12.2 Å². The van der Waals surface area contributed by atoms with Crippen molar-refractivity contribution in [3.05, 3.63) is 0 Å². The molecule has 1 heterocycles. The number of amides is 1. The minimum absolute atomic E-state index is 0.0253. The minimum atomic E-state index is 0.0253. The average molecular weight is 226 g/mol. The van der Waals surface area contributed by atoms with Gasteiger partial charge in [-0.2, -0.15) is 0 Å². The molecule has 1 aliphatic heterocycles. The third-order valence-electron chi connectivity index (χ3n) is 2.84. The number of carbonyl (C=O) groups is 1. The van der Waals surface area contributed by atoms with E-state index in [-0.39, 0.29) is 23.5 Å². The molecule has 1 rings (SSSR count). The molecule has 3 heteroatoms. The van der Waals surface area contributed by atoms with Crippen LogP contribution >= 0.6 is 0 Å². The van der Waals surface area contributed by atoms with Crippen LogP contribution < -0.4 is 5.32 Å². The lowest BCUT2D eigenvalue weighted by atomic mass is 9.95. The molecule has 16 heavy (non-hydrogen) atoms. The second-order valence-electron chi connectivity index (χ2n) is 6.55. The fourth-order valence-corrected chi connectivity index (χ4v) is 2.21. The zero-order chi connectivity index (χ0) is 12.5. The summed E-state index contributed by atoms with van der Waals surface area (Å²) in [6.07, 6.45) is 1.11. The van der Waals surface area contributed by atoms with Gasteiger partial charge in [0, 0.05) is 6.54 Å². The third-order valence-corrected chi connectivity index (χ3v) is 2.84. The van der Waals surface area contributed by atoms with Crippen LogP contribution in [0.2, 0.25) is 0 Å². The second kappa shape index (κ2) is 4.74. The molecular formula is C13H26N2O. The highest BCUT2D eigenvalue weighted by Gasteiger charge is 2.37. The highest BCUT2D eigenvalue weighted by molar-refractivity contribution is 5.84. The Hall–Kier alpha value is -0.570. The Labute approximate surface area is 99.6 Å². The van der Waals surface area contributed by atoms with E-state index in [4.69, 9.17) is 0 Å². The van der Waals surface area contributed by atoms with Crippen LogP contribution in [0.4, 0.5) is 0 Å². The molecule has 0 aromatic heterocycles. The summed E-state index contributed by atoms with van der Waals surface area (Å²) in [6, 6.07) is 0.0253. The average Bonchev–Trinajstić information content (AvgIpc) is 2.29. The van der Waals surface area contributed by atoms with E-state index in [0.717, 1.165) is 13.0 Å². The van der Waals surface area contributed by atoms with E-state index in [1.165, 1.54) is 0 Å². The normalized spacial score (nSPS) is 26.9. The number of carbonyl (C=O) groups excluding carboxylic acids is 1. The number of nitrogens with one attached hydrogen (secondary N) is 1. The molecule has 1 aliphatic rings. The Bertz CT molecular complexity index is 255. The number of rotatable bonds is 3. The summed E-state index contributed by atoms with van der Waals surface area (Å²) < 4.78 is 0. The van der Waals surface area contributed by atoms with Gasteiger partial charge in [-0.05, 0) is 24.7 Å². The van der Waals surface area contributed by atoms with Gasteiger partial charge >= 0.3 is 0 Å². The molecular weight excluding hydrogens is 200 g/mol. The van der Waals surface area contributed by atoms with Crippen molar-refractivity contribution in [2.45, 2.75) is 60.2 Å². The van der Waals surface area contributed by atoms with E-state index in [2.05, 4.69) is 46.9 Å². The Morgan fingerprint density at radius 3 is 2.38 bits per heavy atom. The van der Waals surface area contributed by atoms with Gasteiger partial charge in [-0.3, -0.25) is 10.1 Å². The minimum Gasteiger partial charge on any atom is -0.326 e. The zero-order valence-corrected chi connectivity index (χ0v) is 11.5. The van der Waals surface area contributed by atoms with Crippen LogP contribution in [0.5, 0.6) is 0 Å². The lowest BCUT2D eigenvalue weighted by Gasteiger charge is -2.29. The van der Waals surface area contributed by atoms with E-state index in [9.17, 15) is 4.79 Å². The predicted octanol–water partition coefficient (Wildman–Crippen LogP) is 2.23. The quantitative estimate of drug-likeness (QED) is 0.800. The van der Waals surface area contributed by atoms with Crippen molar-refractivity contribution in [2.24, 2.45) is 11.3 Å². The van der Waals surface area contributed by atoms with Crippen molar-refractivity contribution < 1.29 is 4.79 Å². The largest absolute Gasteiger partial charge is 0.326 e. The van der Waals surface area contributed by atoms with Gasteiger partial charge in [-0.15, -0.1) is 0 Å². The number of hydrogen-bond acceptors (Lipinski definition) is 2. The highest BCUT2D eigenvalue weighted by atomic mass is 16.2. The molecule has 0 aliphatic carbocycles. The molecule has 1 amide bonds. The van der Waals surface area contributed by atoms with Crippen LogP contribution in [0.25, 0.3) is 0 Å². The lowest BCUT2D eigenvalue weighted by molar-refractivity contribution is -0.131. The van der Waals surface area contributed by atoms with E-state index < -0.39 is 0 Å². The van der Waals surface area contributed by atoms with E-state index in [1.807, 2.05) is 4.90 Å². The van der Waals surface area contributed by atoms with Crippen molar-refractivity contribution in [1.82, 2.24) is 10.2 Å². The van der Waals surface area contributed by atoms with Crippen molar-refractivity contribution >= 4 is 5.91 Å². The van der Waals surface area contributed by atoms with E-state index in [0.29, 0.717) is 5.92 Å². The Morgan fingerprint density at radius 2 is 1.94 bits per heavy atom. The maximum atomic E-state index is 12.2. The molecule has 2 atom stereocenters. The van der Waals surface area contributed by atoms with E-state index in [1.54, 1.807) is 0 Å². The molecule has 2 unspecified atom stereocenters. The first-order chi connectivity index (χ1) is 7.20. The molecule has 0 radical (unpaired) electrons. The lowest BCUT2D eigenvalue weighted by Crippen LogP contribution is -2.40. The maximum absolute atomic E-state index is 12.2. The maximum Gasteiger partial charge on any atom is 0.241 e. The zero-order valence-electron chi connectivity index (χ0n) is 11.5. The molecule has 1 N–H and O–H groups in total. The topological polar surface area (TPSA) is 32.3 Å². The van der Waals surface area contributed by atoms with Gasteiger partial charge in [0.1, 0.15) is 0 Å². The predicted molar refractivity (Wildman–Crippen MR) is 67.0 cm³/mol. The van der Waals surface area contributed by atoms with Gasteiger partial charge in [-0.1, -0.05) is 34.6 Å². The van der Waals surface area contributed by atoms with Crippen LogP contribution in [0.15, 0.2) is 0 Å². The van der Waals surface area contributed by atoms with Gasteiger partial charge in [-0.25, -0.2) is 0 Å². The van der Waals surface area contributed by atoms with Crippen molar-refractivity contribution in [3.8, 4) is 0 Å². The van der Waals surface area contributed by atoms with Gasteiger partial charge in [0.15, 0.2) is 0 Å². The summed E-state index contributed by atoms with van der Waals surface area (Å²) in [6.45, 7) is 13.7. The number of hydrogen-bond donors (Lipinski definition) is 1. The fourth-order valence-electron chi connectivity index (χ4n) is 2.21. The second-order valence-corrected chi connectivity index (χ2v) is 6.55. The van der Waals surface area contributed by atoms with Crippen LogP contribution in [0.1, 0.15) is 48.0 Å². The standard InChI is InChI=1S/C13H26N2O/c1-9(2)7-11-12(16)15(10(3)14-11)8-13(4,5)6/h9-11,14H,7-8H2,1-6H3. The first-order valence-electron chi connectivity index (χ1n) is 6.27. The summed E-state index contributed by atoms with van der Waals surface area (Å²) in [5.41, 5.74) is 0.165. The highest BCUT2D eigenvalue weighted by Crippen LogP contribution is 2.22. The van der Waals surface area contributed by atoms with Crippen LogP contribution in [0, 0.1) is 11.3 Å². The monoisotopic (exact) mass is 226 g/mol. The van der Waals surface area contributed by atoms with Crippen molar-refractivity contribution in [1.29, 1.82) is 0 Å². The van der Waals surface area contributed by atoms with Crippen molar-refractivity contribution in [3.63, 3.8) is 0 Å². The summed E-state index contributed by atoms with van der Waals surface area (Å²) in [5.74, 6) is 0.833. The van der Waals surface area contributed by atoms with Gasteiger partial charge in [0.25, 0.3) is 0 Å². The molecule has 0 spiro atoms. The SMILES string of the molecule is CC(C)CC1NC(C)N(CC(C)(C)C)C1=O. The molecule has 1 fully saturated rings. The summed E-state index contributed by atoms with van der Waals surface area (Å²) in [4.78, 5) is 14.2. The van der Waals surface area contributed by atoms with Crippen LogP contribution in [-0.2, 0) is 4.79 Å². The molecule has 0 bridgehead atoms. The summed E-state index contributed by atoms with van der Waals surface area (Å²) in [7, 11) is 0. The van der Waals surface area contributed by atoms with Crippen molar-refractivity contribution in [2.75, 3.05) is 6.54 Å². The summed E-state index contributed by atoms with van der Waals surface area (Å²) >= 11 is 0. The first kappa shape index (κ1) is 13.5. The van der Waals surface area contributed by atoms with E-state index >= 15 is 0 Å². The Morgan fingerprint density at radius 1 is 1.38 bits per heavy atom. The first-order valence-corrected chi connectivity index (χ1v) is 6.27. The van der Waals surface area contributed by atoms with Crippen LogP contribution in [0.3, 0.4) is 0 Å². The molecule has 3 nitrogen and oxygen atoms in total. The summed E-state index contributed by atoms with van der Waals surface area (Å²) in [5, 5.41) is 3.38. The molecule has 1 saturated heterocycles. The van der Waals surface area contributed by atoms with Crippen LogP contribution in [-0.4, -0.2) is 29.6 Å².